The first-order valence-electron chi connectivity index (χ1n) is 7.77. The van der Waals surface area contributed by atoms with Gasteiger partial charge < -0.3 is 5.32 Å². The fraction of sp³-hybridized carbons (Fsp3) is 0.474. The van der Waals surface area contributed by atoms with Crippen molar-refractivity contribution in [2.24, 2.45) is 5.92 Å². The van der Waals surface area contributed by atoms with Crippen LogP contribution in [0.25, 0.3) is 5.57 Å². The van der Waals surface area contributed by atoms with Gasteiger partial charge in [0, 0.05) is 23.7 Å². The Morgan fingerprint density at radius 1 is 1.05 bits per heavy atom. The van der Waals surface area contributed by atoms with Crippen molar-refractivity contribution in [1.82, 2.24) is 0 Å². The number of hydrogen-bond acceptors (Lipinski definition) is 1. The van der Waals surface area contributed by atoms with Gasteiger partial charge >= 0.3 is 0 Å². The molecule has 0 saturated carbocycles. The lowest BCUT2D eigenvalue weighted by Gasteiger charge is -2.25. The summed E-state index contributed by atoms with van der Waals surface area (Å²) in [5.74, 6) is 0.546. The van der Waals surface area contributed by atoms with Gasteiger partial charge in [-0.25, -0.2) is 0 Å². The van der Waals surface area contributed by atoms with Crippen LogP contribution in [0.15, 0.2) is 28.9 Å². The lowest BCUT2D eigenvalue weighted by atomic mass is 9.86. The van der Waals surface area contributed by atoms with Crippen LogP contribution in [0.5, 0.6) is 0 Å². The molecule has 0 amide bonds. The molecule has 1 aromatic rings. The molecule has 0 aromatic heterocycles. The molecule has 2 aliphatic rings. The van der Waals surface area contributed by atoms with Crippen molar-refractivity contribution in [1.29, 1.82) is 0 Å². The molecule has 0 saturated heterocycles. The second-order valence-corrected chi connectivity index (χ2v) is 6.45. The van der Waals surface area contributed by atoms with Crippen molar-refractivity contribution >= 4 is 11.3 Å². The van der Waals surface area contributed by atoms with Crippen molar-refractivity contribution in [2.75, 3.05) is 11.9 Å². The third kappa shape index (κ3) is 1.91. The molecular formula is C19H25N. The minimum Gasteiger partial charge on any atom is -0.384 e. The summed E-state index contributed by atoms with van der Waals surface area (Å²) in [6.45, 7) is 12.5. The largest absolute Gasteiger partial charge is 0.384 e. The molecule has 1 atom stereocenters. The number of allylic oxidation sites excluding steroid dienone is 4. The maximum atomic E-state index is 3.65. The molecule has 1 aromatic carbocycles. The number of rotatable bonds is 1. The van der Waals surface area contributed by atoms with E-state index in [-0.39, 0.29) is 0 Å². The molecule has 0 bridgehead atoms. The first-order valence-corrected chi connectivity index (χ1v) is 7.77. The fourth-order valence-corrected chi connectivity index (χ4v) is 3.77. The van der Waals surface area contributed by atoms with Gasteiger partial charge in [-0.1, -0.05) is 24.1 Å². The van der Waals surface area contributed by atoms with Crippen LogP contribution >= 0.6 is 0 Å². The molecule has 20 heavy (non-hydrogen) atoms. The topological polar surface area (TPSA) is 12.0 Å². The van der Waals surface area contributed by atoms with E-state index in [1.807, 2.05) is 0 Å². The van der Waals surface area contributed by atoms with Crippen LogP contribution in [-0.2, 0) is 6.42 Å². The highest BCUT2D eigenvalue weighted by Gasteiger charge is 2.27. The Bertz CT molecular complexity index is 631. The van der Waals surface area contributed by atoms with Gasteiger partial charge in [0.15, 0.2) is 0 Å². The first-order chi connectivity index (χ1) is 9.50. The summed E-state index contributed by atoms with van der Waals surface area (Å²) in [7, 11) is 0. The summed E-state index contributed by atoms with van der Waals surface area (Å²) in [6.07, 6.45) is 2.46. The van der Waals surface area contributed by atoms with E-state index >= 15 is 0 Å². The zero-order chi connectivity index (χ0) is 14.4. The molecule has 106 valence electrons. The van der Waals surface area contributed by atoms with Gasteiger partial charge in [0.1, 0.15) is 0 Å². The first kappa shape index (κ1) is 13.5. The molecule has 1 aliphatic carbocycles. The summed E-state index contributed by atoms with van der Waals surface area (Å²) < 4.78 is 0. The van der Waals surface area contributed by atoms with E-state index in [1.165, 1.54) is 57.5 Å². The van der Waals surface area contributed by atoms with Gasteiger partial charge in [0.2, 0.25) is 0 Å². The van der Waals surface area contributed by atoms with Crippen LogP contribution in [0.4, 0.5) is 5.69 Å². The molecule has 1 nitrogen and oxygen atoms in total. The summed E-state index contributed by atoms with van der Waals surface area (Å²) in [6, 6.07) is 4.73. The van der Waals surface area contributed by atoms with Gasteiger partial charge in [-0.2, -0.15) is 0 Å². The van der Waals surface area contributed by atoms with Crippen LogP contribution in [0.3, 0.4) is 0 Å². The quantitative estimate of drug-likeness (QED) is 0.745. The van der Waals surface area contributed by atoms with E-state index in [9.17, 15) is 0 Å². The molecule has 0 fully saturated rings. The second kappa shape index (κ2) is 4.80. The summed E-state index contributed by atoms with van der Waals surface area (Å²) >= 11 is 0. The molecule has 3 rings (SSSR count). The zero-order valence-corrected chi connectivity index (χ0v) is 13.4. The molecule has 0 radical (unpaired) electrons. The van der Waals surface area contributed by atoms with Crippen molar-refractivity contribution in [3.63, 3.8) is 0 Å². The van der Waals surface area contributed by atoms with Gasteiger partial charge in [-0.15, -0.1) is 0 Å². The normalized spacial score (nSPS) is 22.1. The summed E-state index contributed by atoms with van der Waals surface area (Å²) in [4.78, 5) is 0. The molecule has 1 aliphatic heterocycles. The molecule has 1 unspecified atom stereocenters. The maximum absolute atomic E-state index is 3.65. The Morgan fingerprint density at radius 2 is 1.80 bits per heavy atom. The van der Waals surface area contributed by atoms with E-state index in [2.05, 4.69) is 52.1 Å². The lowest BCUT2D eigenvalue weighted by Crippen LogP contribution is -2.15. The third-order valence-electron chi connectivity index (χ3n) is 5.22. The number of anilines is 1. The molecule has 0 spiro atoms. The summed E-state index contributed by atoms with van der Waals surface area (Å²) in [5, 5.41) is 3.65. The molecule has 1 heterocycles. The smallest absolute Gasteiger partial charge is 0.0449 e. The predicted octanol–water partition coefficient (Wildman–Crippen LogP) is 5.11. The predicted molar refractivity (Wildman–Crippen MR) is 88.1 cm³/mol. The van der Waals surface area contributed by atoms with Crippen LogP contribution < -0.4 is 5.32 Å². The van der Waals surface area contributed by atoms with Crippen molar-refractivity contribution in [2.45, 2.75) is 47.5 Å². The highest BCUT2D eigenvalue weighted by atomic mass is 14.9. The maximum Gasteiger partial charge on any atom is 0.0449 e. The average molecular weight is 267 g/mol. The highest BCUT2D eigenvalue weighted by molar-refractivity contribution is 5.87. The van der Waals surface area contributed by atoms with Gasteiger partial charge in [-0.3, -0.25) is 0 Å². The number of nitrogens with one attached hydrogen (secondary N) is 1. The van der Waals surface area contributed by atoms with Crippen LogP contribution in [0, 0.1) is 12.8 Å². The number of benzene rings is 1. The summed E-state index contributed by atoms with van der Waals surface area (Å²) in [5.41, 5.74) is 11.8. The Balaban J connectivity index is 2.19. The Labute approximate surface area is 122 Å². The minimum absolute atomic E-state index is 0.546. The number of aryl methyl sites for hydroxylation is 2. The van der Waals surface area contributed by atoms with Crippen molar-refractivity contribution in [3.05, 3.63) is 45.5 Å². The second-order valence-electron chi connectivity index (χ2n) is 6.45. The lowest BCUT2D eigenvalue weighted by molar-refractivity contribution is 0.825. The van der Waals surface area contributed by atoms with E-state index < -0.39 is 0 Å². The number of hydrogen-bond donors (Lipinski definition) is 1. The van der Waals surface area contributed by atoms with Crippen LogP contribution in [0.2, 0.25) is 0 Å². The molecular weight excluding hydrogens is 242 g/mol. The SMILES string of the molecule is CC1=C(C)C(C)C(c2cc(C)cc3c2NCCC3)=C1C. The Morgan fingerprint density at radius 3 is 2.45 bits per heavy atom. The van der Waals surface area contributed by atoms with E-state index in [4.69, 9.17) is 0 Å². The van der Waals surface area contributed by atoms with Gasteiger partial charge in [0.25, 0.3) is 0 Å². The zero-order valence-electron chi connectivity index (χ0n) is 13.4. The Kier molecular flexibility index (Phi) is 3.24. The van der Waals surface area contributed by atoms with E-state index in [0.29, 0.717) is 5.92 Å². The van der Waals surface area contributed by atoms with Crippen LogP contribution in [-0.4, -0.2) is 6.54 Å². The standard InChI is InChI=1S/C19H25N/c1-11-9-16-7-6-8-20-19(16)17(10-11)18-14(4)12(2)13(3)15(18)5/h9-10,14,20H,6-8H2,1-5H3. The molecule has 1 heteroatoms. The monoisotopic (exact) mass is 267 g/mol. The Hall–Kier alpha value is -1.50. The average Bonchev–Trinajstić information content (AvgIpc) is 2.62. The molecule has 1 N–H and O–H groups in total. The van der Waals surface area contributed by atoms with Gasteiger partial charge in [-0.05, 0) is 68.9 Å². The van der Waals surface area contributed by atoms with E-state index in [1.54, 1.807) is 0 Å². The van der Waals surface area contributed by atoms with E-state index in [0.717, 1.165) is 6.54 Å². The van der Waals surface area contributed by atoms with Gasteiger partial charge in [0.05, 0.1) is 0 Å². The minimum atomic E-state index is 0.546. The van der Waals surface area contributed by atoms with Crippen molar-refractivity contribution < 1.29 is 0 Å². The highest BCUT2D eigenvalue weighted by Crippen LogP contribution is 2.45. The number of fused-ring (bicyclic) bond motifs is 1. The third-order valence-corrected chi connectivity index (χ3v) is 5.22. The van der Waals surface area contributed by atoms with Crippen molar-refractivity contribution in [3.8, 4) is 0 Å². The fourth-order valence-electron chi connectivity index (χ4n) is 3.77. The van der Waals surface area contributed by atoms with Crippen LogP contribution in [0.1, 0.15) is 50.8 Å².